The Morgan fingerprint density at radius 3 is 2.52 bits per heavy atom. The van der Waals surface area contributed by atoms with E-state index in [9.17, 15) is 9.59 Å². The monoisotopic (exact) mass is 514 g/mol. The molecule has 4 rings (SSSR count). The molecule has 2 N–H and O–H groups in total. The summed E-state index contributed by atoms with van der Waals surface area (Å²) in [5, 5.41) is 10.1. The number of fused-ring (bicyclic) bond motifs is 5. The summed E-state index contributed by atoms with van der Waals surface area (Å²) in [5.74, 6) is 2.00. The van der Waals surface area contributed by atoms with Crippen LogP contribution in [0.3, 0.4) is 0 Å². The molecular formula is C19H27IN6O3. The summed E-state index contributed by atoms with van der Waals surface area (Å²) < 4.78 is 5.08. The maximum Gasteiger partial charge on any atom is 0.233 e. The van der Waals surface area contributed by atoms with Gasteiger partial charge in [0.1, 0.15) is 0 Å². The van der Waals surface area contributed by atoms with Crippen molar-refractivity contribution in [3.8, 4) is 0 Å². The van der Waals surface area contributed by atoms with Crippen molar-refractivity contribution in [2.45, 2.75) is 26.7 Å². The molecule has 1 aliphatic heterocycles. The molecule has 0 spiro atoms. The zero-order valence-corrected chi connectivity index (χ0v) is 19.0. The second kappa shape index (κ2) is 9.23. The third-order valence-electron chi connectivity index (χ3n) is 5.70. The average Bonchev–Trinajstić information content (AvgIpc) is 3.43. The molecule has 4 atom stereocenters. The molecule has 2 amide bonds. The maximum absolute atomic E-state index is 12.7. The summed E-state index contributed by atoms with van der Waals surface area (Å²) in [4.78, 5) is 35.5. The number of aromatic nitrogens is 2. The highest BCUT2D eigenvalue weighted by atomic mass is 127. The molecule has 3 aliphatic rings. The van der Waals surface area contributed by atoms with Crippen LogP contribution < -0.4 is 10.6 Å². The summed E-state index contributed by atoms with van der Waals surface area (Å²) in [5.41, 5.74) is 0. The molecule has 2 bridgehead atoms. The molecule has 0 aromatic carbocycles. The van der Waals surface area contributed by atoms with E-state index in [0.29, 0.717) is 50.3 Å². The number of nitrogens with one attached hydrogen (secondary N) is 2. The Morgan fingerprint density at radius 2 is 1.93 bits per heavy atom. The van der Waals surface area contributed by atoms with Crippen LogP contribution >= 0.6 is 24.0 Å². The highest BCUT2D eigenvalue weighted by molar-refractivity contribution is 14.0. The Bertz CT molecular complexity index is 793. The Morgan fingerprint density at radius 1 is 1.24 bits per heavy atom. The molecule has 4 unspecified atom stereocenters. The SMILES string of the molecule is CCNC(=NCCc1nc(C)no1)NCCN1C(=O)C2C3C=CC(C3)C2C1=O.I. The number of aryl methyl sites for hydroxylation is 1. The molecule has 29 heavy (non-hydrogen) atoms. The third-order valence-corrected chi connectivity index (χ3v) is 5.70. The van der Waals surface area contributed by atoms with Gasteiger partial charge in [0.15, 0.2) is 11.8 Å². The van der Waals surface area contributed by atoms with Gasteiger partial charge >= 0.3 is 0 Å². The second-order valence-corrected chi connectivity index (χ2v) is 7.50. The number of amides is 2. The van der Waals surface area contributed by atoms with Gasteiger partial charge in [-0.1, -0.05) is 17.3 Å². The van der Waals surface area contributed by atoms with E-state index in [2.05, 4.69) is 37.9 Å². The van der Waals surface area contributed by atoms with Crippen LogP contribution in [0.15, 0.2) is 21.7 Å². The van der Waals surface area contributed by atoms with E-state index in [1.54, 1.807) is 6.92 Å². The van der Waals surface area contributed by atoms with Gasteiger partial charge < -0.3 is 15.2 Å². The number of carbonyl (C=O) groups is 2. The number of allylic oxidation sites excluding steroid dienone is 2. The maximum atomic E-state index is 12.7. The third kappa shape index (κ3) is 4.31. The molecule has 1 aromatic heterocycles. The fourth-order valence-electron chi connectivity index (χ4n) is 4.52. The lowest BCUT2D eigenvalue weighted by molar-refractivity contribution is -0.140. The van der Waals surface area contributed by atoms with Crippen LogP contribution in [0.2, 0.25) is 0 Å². The standard InChI is InChI=1S/C19H26N6O3.HI/c1-3-20-19(21-7-6-14-23-11(2)24-28-14)22-8-9-25-17(26)15-12-4-5-13(10-12)16(15)18(25)27;/h4-5,12-13,15-16H,3,6-10H2,1-2H3,(H2,20,21,22);1H. The van der Waals surface area contributed by atoms with E-state index in [1.807, 2.05) is 6.92 Å². The number of nitrogens with zero attached hydrogens (tertiary/aromatic N) is 4. The highest BCUT2D eigenvalue weighted by Gasteiger charge is 2.58. The molecule has 158 valence electrons. The fourth-order valence-corrected chi connectivity index (χ4v) is 4.52. The lowest BCUT2D eigenvalue weighted by Gasteiger charge is -2.18. The summed E-state index contributed by atoms with van der Waals surface area (Å²) in [6.07, 6.45) is 5.73. The van der Waals surface area contributed by atoms with E-state index < -0.39 is 0 Å². The van der Waals surface area contributed by atoms with Crippen molar-refractivity contribution in [1.29, 1.82) is 0 Å². The minimum Gasteiger partial charge on any atom is -0.357 e. The number of halogens is 1. The molecule has 1 aromatic rings. The average molecular weight is 514 g/mol. The predicted molar refractivity (Wildman–Crippen MR) is 117 cm³/mol. The van der Waals surface area contributed by atoms with E-state index in [-0.39, 0.29) is 59.5 Å². The summed E-state index contributed by atoms with van der Waals surface area (Å²) >= 11 is 0. The Kier molecular flexibility index (Phi) is 6.91. The highest BCUT2D eigenvalue weighted by Crippen LogP contribution is 2.52. The van der Waals surface area contributed by atoms with Gasteiger partial charge in [-0.15, -0.1) is 24.0 Å². The van der Waals surface area contributed by atoms with E-state index in [1.165, 1.54) is 4.90 Å². The first kappa shape index (κ1) is 21.7. The number of rotatable bonds is 7. The van der Waals surface area contributed by atoms with Gasteiger partial charge in [-0.2, -0.15) is 4.98 Å². The number of imide groups is 1. The van der Waals surface area contributed by atoms with Crippen LogP contribution in [-0.2, 0) is 16.0 Å². The zero-order valence-electron chi connectivity index (χ0n) is 16.6. The number of carbonyl (C=O) groups excluding carboxylic acids is 2. The first-order valence-electron chi connectivity index (χ1n) is 9.93. The molecule has 0 radical (unpaired) electrons. The molecule has 1 saturated heterocycles. The number of hydrogen-bond donors (Lipinski definition) is 2. The van der Waals surface area contributed by atoms with Crippen molar-refractivity contribution in [3.05, 3.63) is 23.9 Å². The molecule has 2 aliphatic carbocycles. The number of aliphatic imine (C=N–C) groups is 1. The first-order valence-corrected chi connectivity index (χ1v) is 9.93. The summed E-state index contributed by atoms with van der Waals surface area (Å²) in [7, 11) is 0. The Labute approximate surface area is 186 Å². The van der Waals surface area contributed by atoms with Crippen LogP contribution in [0, 0.1) is 30.6 Å². The topological polar surface area (TPSA) is 113 Å². The van der Waals surface area contributed by atoms with Gasteiger partial charge in [0.25, 0.3) is 0 Å². The van der Waals surface area contributed by atoms with Gasteiger partial charge in [-0.05, 0) is 32.1 Å². The van der Waals surface area contributed by atoms with E-state index in [0.717, 1.165) is 6.42 Å². The number of guanidine groups is 1. The van der Waals surface area contributed by atoms with E-state index in [4.69, 9.17) is 4.52 Å². The lowest BCUT2D eigenvalue weighted by Crippen LogP contribution is -2.43. The Balaban J connectivity index is 0.00000240. The number of hydrogen-bond acceptors (Lipinski definition) is 6. The molecular weight excluding hydrogens is 487 g/mol. The van der Waals surface area contributed by atoms with Crippen LogP contribution in [-0.4, -0.2) is 59.0 Å². The van der Waals surface area contributed by atoms with Crippen LogP contribution in [0.25, 0.3) is 0 Å². The van der Waals surface area contributed by atoms with Crippen LogP contribution in [0.1, 0.15) is 25.1 Å². The summed E-state index contributed by atoms with van der Waals surface area (Å²) in [6.45, 7) is 5.79. The molecule has 1 saturated carbocycles. The van der Waals surface area contributed by atoms with Crippen molar-refractivity contribution in [2.75, 3.05) is 26.2 Å². The van der Waals surface area contributed by atoms with Crippen molar-refractivity contribution >= 4 is 41.8 Å². The van der Waals surface area contributed by atoms with Gasteiger partial charge in [0.05, 0.1) is 18.4 Å². The van der Waals surface area contributed by atoms with E-state index >= 15 is 0 Å². The zero-order chi connectivity index (χ0) is 19.7. The molecule has 2 heterocycles. The first-order chi connectivity index (χ1) is 13.6. The van der Waals surface area contributed by atoms with Crippen LogP contribution in [0.5, 0.6) is 0 Å². The lowest BCUT2D eigenvalue weighted by atomic mass is 9.85. The van der Waals surface area contributed by atoms with Crippen molar-refractivity contribution in [1.82, 2.24) is 25.7 Å². The minimum atomic E-state index is -0.137. The Hall–Kier alpha value is -1.98. The summed E-state index contributed by atoms with van der Waals surface area (Å²) in [6, 6.07) is 0. The molecule has 9 nitrogen and oxygen atoms in total. The van der Waals surface area contributed by atoms with Gasteiger partial charge in [-0.25, -0.2) is 0 Å². The molecule has 10 heteroatoms. The quantitative estimate of drug-likeness (QED) is 0.183. The number of likely N-dealkylation sites (tertiary alicyclic amines) is 1. The fraction of sp³-hybridized carbons (Fsp3) is 0.632. The largest absolute Gasteiger partial charge is 0.357 e. The van der Waals surface area contributed by atoms with Crippen molar-refractivity contribution < 1.29 is 14.1 Å². The van der Waals surface area contributed by atoms with Gasteiger partial charge in [-0.3, -0.25) is 19.5 Å². The smallest absolute Gasteiger partial charge is 0.233 e. The van der Waals surface area contributed by atoms with Crippen LogP contribution in [0.4, 0.5) is 0 Å². The second-order valence-electron chi connectivity index (χ2n) is 7.50. The van der Waals surface area contributed by atoms with Gasteiger partial charge in [0.2, 0.25) is 17.7 Å². The predicted octanol–water partition coefficient (Wildman–Crippen LogP) is 0.901. The van der Waals surface area contributed by atoms with Crippen molar-refractivity contribution in [2.24, 2.45) is 28.7 Å². The molecule has 2 fully saturated rings. The minimum absolute atomic E-state index is 0. The normalized spacial score (nSPS) is 27.4. The van der Waals surface area contributed by atoms with Crippen molar-refractivity contribution in [3.63, 3.8) is 0 Å². The van der Waals surface area contributed by atoms with Gasteiger partial charge in [0, 0.05) is 26.1 Å².